The van der Waals surface area contributed by atoms with Gasteiger partial charge in [0.2, 0.25) is 15.9 Å². The first-order chi connectivity index (χ1) is 15.3. The van der Waals surface area contributed by atoms with Gasteiger partial charge >= 0.3 is 0 Å². The fourth-order valence-corrected chi connectivity index (χ4v) is 4.94. The molecule has 0 aliphatic rings. The molecule has 0 atom stereocenters. The third kappa shape index (κ3) is 5.55. The van der Waals surface area contributed by atoms with Crippen molar-refractivity contribution in [3.05, 3.63) is 89.5 Å². The van der Waals surface area contributed by atoms with Gasteiger partial charge in [-0.05, 0) is 54.3 Å². The summed E-state index contributed by atoms with van der Waals surface area (Å²) in [5.74, 6) is 0.211. The number of para-hydroxylation sites is 1. The molecule has 0 aromatic heterocycles. The third-order valence-corrected chi connectivity index (χ3v) is 6.99. The number of hydrogen-bond donors (Lipinski definition) is 1. The average molecular weight is 453 g/mol. The summed E-state index contributed by atoms with van der Waals surface area (Å²) in [7, 11) is -2.39. The van der Waals surface area contributed by atoms with Gasteiger partial charge in [-0.2, -0.15) is 4.31 Å². The third-order valence-electron chi connectivity index (χ3n) is 5.20. The molecule has 0 aliphatic heterocycles. The summed E-state index contributed by atoms with van der Waals surface area (Å²) >= 11 is 0. The molecule has 0 saturated heterocycles. The Bertz CT molecular complexity index is 1180. The van der Waals surface area contributed by atoms with Crippen LogP contribution in [0.5, 0.6) is 5.75 Å². The Morgan fingerprint density at radius 3 is 2.34 bits per heavy atom. The molecule has 3 aromatic carbocycles. The van der Waals surface area contributed by atoms with E-state index in [9.17, 15) is 13.2 Å². The number of rotatable bonds is 9. The van der Waals surface area contributed by atoms with E-state index >= 15 is 0 Å². The second-order valence-corrected chi connectivity index (χ2v) is 9.39. The van der Waals surface area contributed by atoms with E-state index < -0.39 is 15.9 Å². The summed E-state index contributed by atoms with van der Waals surface area (Å²) in [4.78, 5) is 13.0. The number of anilines is 1. The summed E-state index contributed by atoms with van der Waals surface area (Å²) in [5, 5.41) is 2.87. The van der Waals surface area contributed by atoms with Gasteiger partial charge in [0.05, 0.1) is 18.6 Å². The first-order valence-corrected chi connectivity index (χ1v) is 11.9. The van der Waals surface area contributed by atoms with Crippen LogP contribution in [0.3, 0.4) is 0 Å². The number of aryl methyl sites for hydroxylation is 2. The van der Waals surface area contributed by atoms with Crippen LogP contribution < -0.4 is 10.1 Å². The molecule has 3 rings (SSSR count). The van der Waals surface area contributed by atoms with Crippen LogP contribution in [0.15, 0.2) is 77.7 Å². The van der Waals surface area contributed by atoms with Crippen molar-refractivity contribution in [3.63, 3.8) is 0 Å². The van der Waals surface area contributed by atoms with Crippen LogP contribution in [0, 0.1) is 6.92 Å². The number of carbonyl (C=O) groups is 1. The van der Waals surface area contributed by atoms with Crippen LogP contribution in [0.1, 0.15) is 23.6 Å². The molecule has 0 heterocycles. The monoisotopic (exact) mass is 452 g/mol. The Morgan fingerprint density at radius 1 is 1.00 bits per heavy atom. The maximum atomic E-state index is 13.5. The highest BCUT2D eigenvalue weighted by atomic mass is 32.2. The molecular formula is C25H28N2O4S. The molecule has 0 bridgehead atoms. The van der Waals surface area contributed by atoms with Gasteiger partial charge in [0, 0.05) is 12.2 Å². The zero-order valence-electron chi connectivity index (χ0n) is 18.5. The fraction of sp³-hybridized carbons (Fsp3) is 0.240. The van der Waals surface area contributed by atoms with Crippen molar-refractivity contribution in [2.75, 3.05) is 19.0 Å². The van der Waals surface area contributed by atoms with Crippen LogP contribution in [0.4, 0.5) is 5.69 Å². The Labute approximate surface area is 189 Å². The topological polar surface area (TPSA) is 75.7 Å². The fourth-order valence-electron chi connectivity index (χ4n) is 3.47. The molecule has 3 aromatic rings. The SMILES string of the molecule is CCc1ccccc1NC(=O)CN(Cc1ccccc1)S(=O)(=O)c1ccc(OC)c(C)c1. The Hall–Kier alpha value is -3.16. The van der Waals surface area contributed by atoms with Gasteiger partial charge in [-0.25, -0.2) is 8.42 Å². The van der Waals surface area contributed by atoms with Crippen molar-refractivity contribution >= 4 is 21.6 Å². The first kappa shape index (κ1) is 23.5. The van der Waals surface area contributed by atoms with Gasteiger partial charge in [0.25, 0.3) is 0 Å². The maximum absolute atomic E-state index is 13.5. The highest BCUT2D eigenvalue weighted by Gasteiger charge is 2.27. The molecule has 7 heteroatoms. The molecule has 0 radical (unpaired) electrons. The van der Waals surface area contributed by atoms with Crippen LogP contribution in [0.2, 0.25) is 0 Å². The molecule has 0 aliphatic carbocycles. The number of sulfonamides is 1. The minimum Gasteiger partial charge on any atom is -0.496 e. The maximum Gasteiger partial charge on any atom is 0.243 e. The lowest BCUT2D eigenvalue weighted by Crippen LogP contribution is -2.37. The highest BCUT2D eigenvalue weighted by molar-refractivity contribution is 7.89. The van der Waals surface area contributed by atoms with E-state index in [0.717, 1.165) is 17.5 Å². The number of hydrogen-bond acceptors (Lipinski definition) is 4. The van der Waals surface area contributed by atoms with Crippen molar-refractivity contribution in [3.8, 4) is 5.75 Å². The van der Waals surface area contributed by atoms with Gasteiger partial charge in [-0.3, -0.25) is 4.79 Å². The second kappa shape index (κ2) is 10.4. The van der Waals surface area contributed by atoms with Crippen molar-refractivity contribution in [1.82, 2.24) is 4.31 Å². The van der Waals surface area contributed by atoms with Crippen molar-refractivity contribution in [2.45, 2.75) is 31.7 Å². The lowest BCUT2D eigenvalue weighted by Gasteiger charge is -2.23. The minimum atomic E-state index is -3.93. The van der Waals surface area contributed by atoms with E-state index in [4.69, 9.17) is 4.74 Å². The highest BCUT2D eigenvalue weighted by Crippen LogP contribution is 2.25. The summed E-state index contributed by atoms with van der Waals surface area (Å²) in [6, 6.07) is 21.4. The lowest BCUT2D eigenvalue weighted by molar-refractivity contribution is -0.116. The van der Waals surface area contributed by atoms with Gasteiger partial charge in [0.1, 0.15) is 5.75 Å². The Morgan fingerprint density at radius 2 is 1.69 bits per heavy atom. The average Bonchev–Trinajstić information content (AvgIpc) is 2.79. The molecule has 0 saturated carbocycles. The normalized spacial score (nSPS) is 11.4. The standard InChI is InChI=1S/C25H28N2O4S/c1-4-21-12-8-9-13-23(21)26-25(28)18-27(17-20-10-6-5-7-11-20)32(29,30)22-14-15-24(31-3)19(2)16-22/h5-16H,4,17-18H2,1-3H3,(H,26,28). The number of carbonyl (C=O) groups excluding carboxylic acids is 1. The van der Waals surface area contributed by atoms with Crippen molar-refractivity contribution in [2.24, 2.45) is 0 Å². The van der Waals surface area contributed by atoms with Gasteiger partial charge < -0.3 is 10.1 Å². The second-order valence-electron chi connectivity index (χ2n) is 7.45. The number of nitrogens with zero attached hydrogens (tertiary/aromatic N) is 1. The molecule has 0 unspecified atom stereocenters. The first-order valence-electron chi connectivity index (χ1n) is 10.4. The molecule has 0 spiro atoms. The summed E-state index contributed by atoms with van der Waals surface area (Å²) < 4.78 is 33.5. The van der Waals surface area contributed by atoms with E-state index in [-0.39, 0.29) is 18.0 Å². The Kier molecular flexibility index (Phi) is 7.66. The summed E-state index contributed by atoms with van der Waals surface area (Å²) in [6.07, 6.45) is 0.758. The van der Waals surface area contributed by atoms with E-state index in [1.54, 1.807) is 19.1 Å². The van der Waals surface area contributed by atoms with Gasteiger partial charge in [-0.15, -0.1) is 0 Å². The smallest absolute Gasteiger partial charge is 0.243 e. The number of ether oxygens (including phenoxy) is 1. The summed E-state index contributed by atoms with van der Waals surface area (Å²) in [6.45, 7) is 3.56. The predicted molar refractivity (Wildman–Crippen MR) is 126 cm³/mol. The van der Waals surface area contributed by atoms with Crippen molar-refractivity contribution < 1.29 is 17.9 Å². The molecule has 0 fully saturated rings. The van der Waals surface area contributed by atoms with E-state index in [0.29, 0.717) is 17.0 Å². The number of nitrogens with one attached hydrogen (secondary N) is 1. The van der Waals surface area contributed by atoms with Gasteiger partial charge in [0.15, 0.2) is 0 Å². The van der Waals surface area contributed by atoms with E-state index in [2.05, 4.69) is 5.32 Å². The molecule has 6 nitrogen and oxygen atoms in total. The van der Waals surface area contributed by atoms with Crippen molar-refractivity contribution in [1.29, 1.82) is 0 Å². The van der Waals surface area contributed by atoms with Crippen LogP contribution in [0.25, 0.3) is 0 Å². The number of amides is 1. The zero-order chi connectivity index (χ0) is 23.1. The number of benzene rings is 3. The zero-order valence-corrected chi connectivity index (χ0v) is 19.4. The van der Waals surface area contributed by atoms with Crippen LogP contribution in [-0.4, -0.2) is 32.3 Å². The molecule has 32 heavy (non-hydrogen) atoms. The largest absolute Gasteiger partial charge is 0.496 e. The van der Waals surface area contributed by atoms with E-state index in [1.807, 2.05) is 61.5 Å². The lowest BCUT2D eigenvalue weighted by atomic mass is 10.1. The van der Waals surface area contributed by atoms with Crippen LogP contribution >= 0.6 is 0 Å². The predicted octanol–water partition coefficient (Wildman–Crippen LogP) is 4.40. The molecular weight excluding hydrogens is 424 g/mol. The number of methoxy groups -OCH3 is 1. The minimum absolute atomic E-state index is 0.0805. The van der Waals surface area contributed by atoms with Crippen LogP contribution in [-0.2, 0) is 27.8 Å². The molecule has 1 amide bonds. The molecule has 1 N–H and O–H groups in total. The quantitative estimate of drug-likeness (QED) is 0.522. The summed E-state index contributed by atoms with van der Waals surface area (Å²) in [5.41, 5.74) is 3.18. The molecule has 168 valence electrons. The Balaban J connectivity index is 1.91. The van der Waals surface area contributed by atoms with E-state index in [1.165, 1.54) is 17.5 Å². The van der Waals surface area contributed by atoms with Gasteiger partial charge in [-0.1, -0.05) is 55.5 Å².